The number of fused-ring (bicyclic) bond motifs is 1. The molecule has 0 spiro atoms. The molecular formula is C16H26N4O4Si. The summed E-state index contributed by atoms with van der Waals surface area (Å²) < 4.78 is 14.3. The molecule has 0 radical (unpaired) electrons. The lowest BCUT2D eigenvalue weighted by Gasteiger charge is -2.39. The highest BCUT2D eigenvalue weighted by atomic mass is 28.4. The zero-order valence-electron chi connectivity index (χ0n) is 15.3. The van der Waals surface area contributed by atoms with Gasteiger partial charge in [-0.25, -0.2) is 9.97 Å². The van der Waals surface area contributed by atoms with Crippen LogP contribution in [0, 0.1) is 0 Å². The number of hydrogen-bond donors (Lipinski definition) is 2. The molecule has 0 saturated carbocycles. The fourth-order valence-corrected chi connectivity index (χ4v) is 4.11. The third-order valence-electron chi connectivity index (χ3n) is 5.24. The van der Waals surface area contributed by atoms with E-state index in [0.717, 1.165) is 0 Å². The molecule has 138 valence electrons. The molecule has 0 bridgehead atoms. The van der Waals surface area contributed by atoms with Crippen LogP contribution in [-0.2, 0) is 9.16 Å². The van der Waals surface area contributed by atoms with Gasteiger partial charge in [0, 0.05) is 6.42 Å². The van der Waals surface area contributed by atoms with Crippen LogP contribution in [0.1, 0.15) is 33.4 Å². The van der Waals surface area contributed by atoms with Gasteiger partial charge in [-0.2, -0.15) is 0 Å². The van der Waals surface area contributed by atoms with Crippen molar-refractivity contribution < 1.29 is 14.3 Å². The molecule has 0 aromatic carbocycles. The Morgan fingerprint density at radius 2 is 2.16 bits per heavy atom. The van der Waals surface area contributed by atoms with E-state index in [2.05, 4.69) is 48.8 Å². The Hall–Kier alpha value is -1.55. The van der Waals surface area contributed by atoms with Gasteiger partial charge in [-0.3, -0.25) is 9.36 Å². The highest BCUT2D eigenvalue weighted by Crippen LogP contribution is 2.41. The van der Waals surface area contributed by atoms with Crippen molar-refractivity contribution in [1.82, 2.24) is 19.5 Å². The summed E-state index contributed by atoms with van der Waals surface area (Å²) in [6.07, 6.45) is 2.50. The average molecular weight is 366 g/mol. The van der Waals surface area contributed by atoms with E-state index < -0.39 is 14.5 Å². The van der Waals surface area contributed by atoms with E-state index in [-0.39, 0.29) is 34.9 Å². The minimum Gasteiger partial charge on any atom is -0.409 e. The Morgan fingerprint density at radius 3 is 2.80 bits per heavy atom. The van der Waals surface area contributed by atoms with Crippen LogP contribution < -0.4 is 5.56 Å². The van der Waals surface area contributed by atoms with Crippen LogP contribution >= 0.6 is 0 Å². The van der Waals surface area contributed by atoms with E-state index in [0.29, 0.717) is 12.1 Å². The van der Waals surface area contributed by atoms with Gasteiger partial charge in [0.1, 0.15) is 0 Å². The van der Waals surface area contributed by atoms with E-state index in [1.54, 1.807) is 10.9 Å². The fourth-order valence-electron chi connectivity index (χ4n) is 2.79. The number of H-pyrrole nitrogens is 1. The van der Waals surface area contributed by atoms with Crippen molar-refractivity contribution in [3.05, 3.63) is 23.0 Å². The Labute approximate surface area is 147 Å². The standard InChI is InChI=1S/C16H26N4O4Si/c1-16(2,3)25(4,5)24-11-6-10(7-21)23-15(11)20-9-19-12-13(20)17-8-18-14(12)22/h8-11,15,21H,6-7H2,1-5H3,(H,17,18,22)/t10-,11+,15+/m0/s1. The Morgan fingerprint density at radius 1 is 1.44 bits per heavy atom. The summed E-state index contributed by atoms with van der Waals surface area (Å²) in [7, 11) is -2.03. The molecular weight excluding hydrogens is 340 g/mol. The predicted octanol–water partition coefficient (Wildman–Crippen LogP) is 1.79. The quantitative estimate of drug-likeness (QED) is 0.800. The first-order valence-corrected chi connectivity index (χ1v) is 11.4. The normalized spacial score (nSPS) is 25.0. The second-order valence-corrected chi connectivity index (χ2v) is 12.8. The number of aliphatic hydroxyl groups excluding tert-OH is 1. The van der Waals surface area contributed by atoms with E-state index in [1.165, 1.54) is 6.33 Å². The number of aliphatic hydroxyl groups is 1. The summed E-state index contributed by atoms with van der Waals surface area (Å²) in [6, 6.07) is 0. The monoisotopic (exact) mass is 366 g/mol. The van der Waals surface area contributed by atoms with Crippen molar-refractivity contribution in [2.45, 2.75) is 63.8 Å². The first kappa shape index (κ1) is 18.2. The summed E-state index contributed by atoms with van der Waals surface area (Å²) in [6.45, 7) is 10.8. The van der Waals surface area contributed by atoms with Gasteiger partial charge in [0.25, 0.3) is 5.56 Å². The van der Waals surface area contributed by atoms with Crippen molar-refractivity contribution in [3.63, 3.8) is 0 Å². The summed E-state index contributed by atoms with van der Waals surface area (Å²) in [5.41, 5.74) is 0.433. The lowest BCUT2D eigenvalue weighted by Crippen LogP contribution is -2.45. The second kappa shape index (κ2) is 6.31. The van der Waals surface area contributed by atoms with Crippen molar-refractivity contribution in [2.24, 2.45) is 0 Å². The molecule has 1 aliphatic rings. The van der Waals surface area contributed by atoms with Crippen LogP contribution in [0.25, 0.3) is 11.2 Å². The lowest BCUT2D eigenvalue weighted by molar-refractivity contribution is -0.0460. The largest absolute Gasteiger partial charge is 0.409 e. The zero-order chi connectivity index (χ0) is 18.4. The highest BCUT2D eigenvalue weighted by Gasteiger charge is 2.45. The molecule has 8 nitrogen and oxygen atoms in total. The molecule has 3 rings (SSSR count). The van der Waals surface area contributed by atoms with Crippen LogP contribution in [0.4, 0.5) is 0 Å². The minimum absolute atomic E-state index is 0.0568. The highest BCUT2D eigenvalue weighted by molar-refractivity contribution is 6.74. The van der Waals surface area contributed by atoms with Gasteiger partial charge in [0.15, 0.2) is 25.7 Å². The molecule has 1 aliphatic heterocycles. The van der Waals surface area contributed by atoms with Crippen LogP contribution in [0.15, 0.2) is 17.4 Å². The van der Waals surface area contributed by atoms with E-state index >= 15 is 0 Å². The van der Waals surface area contributed by atoms with Crippen molar-refractivity contribution >= 4 is 19.5 Å². The van der Waals surface area contributed by atoms with Gasteiger partial charge in [-0.1, -0.05) is 20.8 Å². The fraction of sp³-hybridized carbons (Fsp3) is 0.688. The van der Waals surface area contributed by atoms with Crippen LogP contribution in [0.5, 0.6) is 0 Å². The van der Waals surface area contributed by atoms with E-state index in [9.17, 15) is 9.90 Å². The summed E-state index contributed by atoms with van der Waals surface area (Å²) >= 11 is 0. The van der Waals surface area contributed by atoms with Gasteiger partial charge in [-0.05, 0) is 18.1 Å². The number of aromatic amines is 1. The Bertz CT molecular complexity index is 810. The maximum absolute atomic E-state index is 11.9. The number of aromatic nitrogens is 4. The summed E-state index contributed by atoms with van der Waals surface area (Å²) in [5, 5.41) is 9.61. The van der Waals surface area contributed by atoms with Crippen LogP contribution in [0.2, 0.25) is 18.1 Å². The zero-order valence-corrected chi connectivity index (χ0v) is 16.3. The minimum atomic E-state index is -2.03. The molecule has 2 aromatic rings. The molecule has 3 heterocycles. The Kier molecular flexibility index (Phi) is 4.61. The van der Waals surface area contributed by atoms with E-state index in [1.807, 2.05) is 0 Å². The molecule has 0 unspecified atom stereocenters. The van der Waals surface area contributed by atoms with Gasteiger partial charge in [-0.15, -0.1) is 0 Å². The topological polar surface area (TPSA) is 102 Å². The molecule has 1 saturated heterocycles. The number of rotatable bonds is 4. The number of hydrogen-bond acceptors (Lipinski definition) is 6. The van der Waals surface area contributed by atoms with Crippen molar-refractivity contribution in [3.8, 4) is 0 Å². The number of imidazole rings is 1. The average Bonchev–Trinajstić information content (AvgIpc) is 3.10. The SMILES string of the molecule is CC(C)(C)[Si](C)(C)O[C@@H]1C[C@@H](CO)O[C@H]1n1cnc2c(=O)[nH]cnc21. The lowest BCUT2D eigenvalue weighted by atomic mass is 10.2. The third kappa shape index (κ3) is 3.29. The molecule has 3 atom stereocenters. The van der Waals surface area contributed by atoms with Crippen molar-refractivity contribution in [1.29, 1.82) is 0 Å². The predicted molar refractivity (Wildman–Crippen MR) is 95.8 cm³/mol. The molecule has 9 heteroatoms. The third-order valence-corrected chi connectivity index (χ3v) is 9.74. The summed E-state index contributed by atoms with van der Waals surface area (Å²) in [4.78, 5) is 22.8. The van der Waals surface area contributed by atoms with E-state index in [4.69, 9.17) is 9.16 Å². The molecule has 1 fully saturated rings. The number of nitrogens with zero attached hydrogens (tertiary/aromatic N) is 3. The number of nitrogens with one attached hydrogen (secondary N) is 1. The van der Waals surface area contributed by atoms with Gasteiger partial charge in [0.2, 0.25) is 0 Å². The van der Waals surface area contributed by atoms with Crippen molar-refractivity contribution in [2.75, 3.05) is 6.61 Å². The summed E-state index contributed by atoms with van der Waals surface area (Å²) in [5.74, 6) is 0. The molecule has 2 N–H and O–H groups in total. The van der Waals surface area contributed by atoms with Crippen LogP contribution in [0.3, 0.4) is 0 Å². The first-order valence-electron chi connectivity index (χ1n) is 8.48. The van der Waals surface area contributed by atoms with Gasteiger partial charge in [0.05, 0.1) is 31.5 Å². The molecule has 0 aliphatic carbocycles. The molecule has 0 amide bonds. The van der Waals surface area contributed by atoms with Crippen LogP contribution in [-0.4, -0.2) is 51.8 Å². The second-order valence-electron chi connectivity index (χ2n) is 8.04. The van der Waals surface area contributed by atoms with Gasteiger partial charge >= 0.3 is 0 Å². The molecule has 25 heavy (non-hydrogen) atoms. The maximum atomic E-state index is 11.9. The smallest absolute Gasteiger partial charge is 0.278 e. The molecule has 2 aromatic heterocycles. The Balaban J connectivity index is 1.97. The first-order chi connectivity index (χ1) is 11.6. The van der Waals surface area contributed by atoms with Gasteiger partial charge < -0.3 is 19.3 Å². The number of ether oxygens (including phenoxy) is 1. The maximum Gasteiger partial charge on any atom is 0.278 e.